The predicted molar refractivity (Wildman–Crippen MR) is 57.1 cm³/mol. The first kappa shape index (κ1) is 12.4. The lowest BCUT2D eigenvalue weighted by molar-refractivity contribution is 0.0592. The first-order chi connectivity index (χ1) is 7.42. The lowest BCUT2D eigenvalue weighted by Crippen LogP contribution is -2.38. The number of nitrogens with two attached hydrogens (primary N) is 1. The molecule has 0 aliphatic heterocycles. The molecule has 0 aliphatic carbocycles. The van der Waals surface area contributed by atoms with E-state index >= 15 is 0 Å². The van der Waals surface area contributed by atoms with Crippen LogP contribution in [0.1, 0.15) is 24.3 Å². The Labute approximate surface area is 93.8 Å². The Hall–Kier alpha value is -1.69. The summed E-state index contributed by atoms with van der Waals surface area (Å²) in [6.07, 6.45) is 2.73. The number of aromatic nitrogens is 2. The van der Waals surface area contributed by atoms with Gasteiger partial charge < -0.3 is 15.2 Å². The Morgan fingerprint density at radius 1 is 1.50 bits per heavy atom. The van der Waals surface area contributed by atoms with E-state index in [9.17, 15) is 4.79 Å². The highest BCUT2D eigenvalue weighted by atomic mass is 16.5. The molecule has 1 aromatic rings. The summed E-state index contributed by atoms with van der Waals surface area (Å²) in [5.74, 6) is -0.300. The third-order valence-electron chi connectivity index (χ3n) is 1.60. The van der Waals surface area contributed by atoms with Crippen molar-refractivity contribution in [3.8, 4) is 5.88 Å². The maximum Gasteiger partial charge on any atom is 0.358 e. The van der Waals surface area contributed by atoms with Crippen LogP contribution >= 0.6 is 0 Å². The lowest BCUT2D eigenvalue weighted by atomic mass is 10.1. The Balaban J connectivity index is 2.71. The van der Waals surface area contributed by atoms with Gasteiger partial charge in [0.05, 0.1) is 19.5 Å². The van der Waals surface area contributed by atoms with Gasteiger partial charge >= 0.3 is 5.97 Å². The number of hydrogen-bond acceptors (Lipinski definition) is 6. The van der Waals surface area contributed by atoms with Crippen molar-refractivity contribution < 1.29 is 14.3 Å². The van der Waals surface area contributed by atoms with E-state index in [0.29, 0.717) is 0 Å². The Morgan fingerprint density at radius 2 is 2.19 bits per heavy atom. The zero-order valence-corrected chi connectivity index (χ0v) is 9.56. The highest BCUT2D eigenvalue weighted by Gasteiger charge is 2.13. The predicted octanol–water partition coefficient (Wildman–Crippen LogP) is 0.379. The maximum absolute atomic E-state index is 11.2. The molecule has 6 nitrogen and oxygen atoms in total. The van der Waals surface area contributed by atoms with E-state index in [0.717, 1.165) is 0 Å². The molecule has 0 unspecified atom stereocenters. The Kier molecular flexibility index (Phi) is 3.78. The fourth-order valence-electron chi connectivity index (χ4n) is 0.880. The topological polar surface area (TPSA) is 87.3 Å². The SMILES string of the molecule is COC(=O)c1cncc(OCC(C)(C)N)n1. The van der Waals surface area contributed by atoms with Crippen molar-refractivity contribution in [1.82, 2.24) is 9.97 Å². The lowest BCUT2D eigenvalue weighted by Gasteiger charge is -2.18. The standard InChI is InChI=1S/C10H15N3O3/c1-10(2,11)6-16-8-5-12-4-7(13-8)9(14)15-3/h4-5H,6,11H2,1-3H3. The van der Waals surface area contributed by atoms with Gasteiger partial charge in [0.1, 0.15) is 6.61 Å². The molecule has 16 heavy (non-hydrogen) atoms. The fourth-order valence-corrected chi connectivity index (χ4v) is 0.880. The number of carbonyl (C=O) groups excluding carboxylic acids is 1. The number of rotatable bonds is 4. The van der Waals surface area contributed by atoms with Gasteiger partial charge in [-0.2, -0.15) is 0 Å². The number of hydrogen-bond donors (Lipinski definition) is 1. The molecule has 1 rings (SSSR count). The van der Waals surface area contributed by atoms with Gasteiger partial charge in [-0.25, -0.2) is 9.78 Å². The summed E-state index contributed by atoms with van der Waals surface area (Å²) in [7, 11) is 1.28. The van der Waals surface area contributed by atoms with Crippen LogP contribution in [0.15, 0.2) is 12.4 Å². The molecule has 88 valence electrons. The molecule has 0 aromatic carbocycles. The molecule has 2 N–H and O–H groups in total. The summed E-state index contributed by atoms with van der Waals surface area (Å²) in [5.41, 5.74) is 5.38. The zero-order chi connectivity index (χ0) is 12.2. The second-order valence-corrected chi connectivity index (χ2v) is 4.01. The molecule has 0 saturated heterocycles. The number of carbonyl (C=O) groups is 1. The zero-order valence-electron chi connectivity index (χ0n) is 9.56. The fraction of sp³-hybridized carbons (Fsp3) is 0.500. The summed E-state index contributed by atoms with van der Waals surface area (Å²) in [5, 5.41) is 0. The maximum atomic E-state index is 11.2. The van der Waals surface area contributed by atoms with E-state index in [2.05, 4.69) is 14.7 Å². The minimum Gasteiger partial charge on any atom is -0.475 e. The monoisotopic (exact) mass is 225 g/mol. The molecular weight excluding hydrogens is 210 g/mol. The van der Waals surface area contributed by atoms with Crippen molar-refractivity contribution in [2.75, 3.05) is 13.7 Å². The highest BCUT2D eigenvalue weighted by Crippen LogP contribution is 2.08. The average Bonchev–Trinajstić information content (AvgIpc) is 2.25. The summed E-state index contributed by atoms with van der Waals surface area (Å²) >= 11 is 0. The van der Waals surface area contributed by atoms with E-state index in [1.165, 1.54) is 19.5 Å². The minimum absolute atomic E-state index is 0.106. The molecule has 0 aliphatic rings. The van der Waals surface area contributed by atoms with E-state index in [1.807, 2.05) is 13.8 Å². The van der Waals surface area contributed by atoms with Gasteiger partial charge in [0, 0.05) is 5.54 Å². The first-order valence-corrected chi connectivity index (χ1v) is 4.74. The van der Waals surface area contributed by atoms with Crippen molar-refractivity contribution in [2.24, 2.45) is 5.73 Å². The average molecular weight is 225 g/mol. The smallest absolute Gasteiger partial charge is 0.358 e. The Bertz CT molecular complexity index is 374. The minimum atomic E-state index is -0.551. The normalized spacial score (nSPS) is 11.0. The highest BCUT2D eigenvalue weighted by molar-refractivity contribution is 5.86. The second-order valence-electron chi connectivity index (χ2n) is 4.01. The number of esters is 1. The molecule has 0 bridgehead atoms. The van der Waals surface area contributed by atoms with Crippen molar-refractivity contribution in [1.29, 1.82) is 0 Å². The van der Waals surface area contributed by atoms with Crippen LogP contribution in [0.25, 0.3) is 0 Å². The molecule has 0 radical (unpaired) electrons. The summed E-state index contributed by atoms with van der Waals surface area (Å²) in [6.45, 7) is 3.93. The van der Waals surface area contributed by atoms with Crippen molar-refractivity contribution in [3.05, 3.63) is 18.1 Å². The largest absolute Gasteiger partial charge is 0.475 e. The van der Waals surface area contributed by atoms with Crippen LogP contribution in [-0.4, -0.2) is 35.2 Å². The van der Waals surface area contributed by atoms with Crippen LogP contribution in [-0.2, 0) is 4.74 Å². The van der Waals surface area contributed by atoms with Crippen molar-refractivity contribution in [2.45, 2.75) is 19.4 Å². The van der Waals surface area contributed by atoms with Gasteiger partial charge in [-0.3, -0.25) is 4.98 Å². The summed E-state index contributed by atoms with van der Waals surface area (Å²) in [6, 6.07) is 0. The molecule has 6 heteroatoms. The Morgan fingerprint density at radius 3 is 2.75 bits per heavy atom. The van der Waals surface area contributed by atoms with Gasteiger partial charge in [0.25, 0.3) is 0 Å². The molecule has 1 heterocycles. The van der Waals surface area contributed by atoms with Gasteiger partial charge in [0.2, 0.25) is 5.88 Å². The molecule has 0 amide bonds. The summed E-state index contributed by atoms with van der Waals surface area (Å²) < 4.78 is 9.81. The van der Waals surface area contributed by atoms with Crippen LogP contribution in [0.3, 0.4) is 0 Å². The molecular formula is C10H15N3O3. The van der Waals surface area contributed by atoms with E-state index in [1.54, 1.807) is 0 Å². The molecule has 0 saturated carbocycles. The van der Waals surface area contributed by atoms with E-state index < -0.39 is 11.5 Å². The van der Waals surface area contributed by atoms with Crippen LogP contribution in [0.5, 0.6) is 5.88 Å². The molecule has 1 aromatic heterocycles. The molecule has 0 spiro atoms. The van der Waals surface area contributed by atoms with Gasteiger partial charge in [0.15, 0.2) is 5.69 Å². The van der Waals surface area contributed by atoms with Gasteiger partial charge in [-0.1, -0.05) is 0 Å². The van der Waals surface area contributed by atoms with Crippen LogP contribution in [0.2, 0.25) is 0 Å². The van der Waals surface area contributed by atoms with Crippen molar-refractivity contribution >= 4 is 5.97 Å². The third kappa shape index (κ3) is 3.82. The van der Waals surface area contributed by atoms with Crippen molar-refractivity contribution in [3.63, 3.8) is 0 Å². The number of nitrogens with zero attached hydrogens (tertiary/aromatic N) is 2. The molecule has 0 atom stereocenters. The van der Waals surface area contributed by atoms with E-state index in [-0.39, 0.29) is 18.2 Å². The van der Waals surface area contributed by atoms with Gasteiger partial charge in [-0.15, -0.1) is 0 Å². The quantitative estimate of drug-likeness (QED) is 0.745. The van der Waals surface area contributed by atoms with Crippen LogP contribution < -0.4 is 10.5 Å². The van der Waals surface area contributed by atoms with E-state index in [4.69, 9.17) is 10.5 Å². The second kappa shape index (κ2) is 4.89. The first-order valence-electron chi connectivity index (χ1n) is 4.74. The number of methoxy groups -OCH3 is 1. The number of ether oxygens (including phenoxy) is 2. The van der Waals surface area contributed by atoms with Crippen LogP contribution in [0, 0.1) is 0 Å². The van der Waals surface area contributed by atoms with Crippen LogP contribution in [0.4, 0.5) is 0 Å². The summed E-state index contributed by atoms with van der Waals surface area (Å²) in [4.78, 5) is 18.9. The molecule has 0 fully saturated rings. The third-order valence-corrected chi connectivity index (χ3v) is 1.60. The van der Waals surface area contributed by atoms with Gasteiger partial charge in [-0.05, 0) is 13.8 Å².